The fraction of sp³-hybridized carbons (Fsp3) is 0.467. The molecular formula is C15H18N4O. The highest BCUT2D eigenvalue weighted by Crippen LogP contribution is 2.28. The van der Waals surface area contributed by atoms with Crippen molar-refractivity contribution in [2.45, 2.75) is 18.9 Å². The molecule has 5 nitrogen and oxygen atoms in total. The minimum absolute atomic E-state index is 0.556. The number of hydrogen-bond donors (Lipinski definition) is 0. The third-order valence-corrected chi connectivity index (χ3v) is 4.39. The van der Waals surface area contributed by atoms with Crippen molar-refractivity contribution in [3.05, 3.63) is 24.4 Å². The van der Waals surface area contributed by atoms with E-state index in [9.17, 15) is 0 Å². The molecule has 3 aliphatic heterocycles. The van der Waals surface area contributed by atoms with Gasteiger partial charge in [-0.3, -0.25) is 0 Å². The van der Waals surface area contributed by atoms with Gasteiger partial charge >= 0.3 is 0 Å². The number of rotatable bonds is 2. The summed E-state index contributed by atoms with van der Waals surface area (Å²) in [5.74, 6) is 0. The predicted molar refractivity (Wildman–Crippen MR) is 78.7 cm³/mol. The van der Waals surface area contributed by atoms with Crippen LogP contribution in [0.15, 0.2) is 23.3 Å². The smallest absolute Gasteiger partial charge is 0.300 e. The van der Waals surface area contributed by atoms with Crippen molar-refractivity contribution in [1.82, 2.24) is 14.9 Å². The van der Waals surface area contributed by atoms with Crippen molar-refractivity contribution in [2.24, 2.45) is 0 Å². The van der Waals surface area contributed by atoms with Gasteiger partial charge in [-0.15, -0.1) is 0 Å². The summed E-state index contributed by atoms with van der Waals surface area (Å²) in [4.78, 5) is 13.7. The second-order valence-electron chi connectivity index (χ2n) is 5.56. The molecule has 2 aromatic rings. The van der Waals surface area contributed by atoms with Crippen molar-refractivity contribution >= 4 is 23.3 Å². The van der Waals surface area contributed by atoms with Crippen LogP contribution in [0, 0.1) is 0 Å². The Kier molecular flexibility index (Phi) is 2.73. The van der Waals surface area contributed by atoms with E-state index in [0.29, 0.717) is 11.7 Å². The Morgan fingerprint density at radius 3 is 2.90 bits per heavy atom. The minimum atomic E-state index is 0.556. The van der Waals surface area contributed by atoms with E-state index in [1.54, 1.807) is 12.3 Å². The molecule has 5 heteroatoms. The zero-order valence-corrected chi connectivity index (χ0v) is 11.5. The fourth-order valence-electron chi connectivity index (χ4n) is 3.20. The number of hydrogen-bond acceptors (Lipinski definition) is 5. The Morgan fingerprint density at radius 2 is 2.10 bits per heavy atom. The molecule has 5 heterocycles. The number of anilines is 1. The van der Waals surface area contributed by atoms with Crippen molar-refractivity contribution < 1.29 is 4.42 Å². The van der Waals surface area contributed by atoms with E-state index >= 15 is 0 Å². The van der Waals surface area contributed by atoms with E-state index in [0.717, 1.165) is 30.3 Å². The summed E-state index contributed by atoms with van der Waals surface area (Å²) in [6.45, 7) is 8.24. The fourth-order valence-corrected chi connectivity index (χ4v) is 3.20. The van der Waals surface area contributed by atoms with Crippen LogP contribution in [0.4, 0.5) is 6.01 Å². The Labute approximate surface area is 117 Å². The highest BCUT2D eigenvalue weighted by atomic mass is 16.4. The van der Waals surface area contributed by atoms with Gasteiger partial charge in [0, 0.05) is 38.4 Å². The molecule has 3 fully saturated rings. The first-order valence-electron chi connectivity index (χ1n) is 7.21. The molecule has 0 aliphatic carbocycles. The van der Waals surface area contributed by atoms with Gasteiger partial charge < -0.3 is 14.2 Å². The van der Waals surface area contributed by atoms with Crippen LogP contribution in [0.25, 0.3) is 17.3 Å². The molecule has 2 bridgehead atoms. The van der Waals surface area contributed by atoms with Crippen LogP contribution in [0.5, 0.6) is 0 Å². The van der Waals surface area contributed by atoms with Gasteiger partial charge in [0.05, 0.1) is 0 Å². The van der Waals surface area contributed by atoms with Gasteiger partial charge in [0.25, 0.3) is 6.01 Å². The van der Waals surface area contributed by atoms with E-state index in [2.05, 4.69) is 26.3 Å². The highest BCUT2D eigenvalue weighted by molar-refractivity contribution is 5.73. The average molecular weight is 270 g/mol. The van der Waals surface area contributed by atoms with E-state index in [1.807, 2.05) is 6.07 Å². The lowest BCUT2D eigenvalue weighted by atomic mass is 10.1. The molecule has 0 amide bonds. The summed E-state index contributed by atoms with van der Waals surface area (Å²) >= 11 is 0. The summed E-state index contributed by atoms with van der Waals surface area (Å²) in [6, 6.07) is 3.23. The highest BCUT2D eigenvalue weighted by Gasteiger charge is 2.31. The van der Waals surface area contributed by atoms with Gasteiger partial charge in [0.2, 0.25) is 5.65 Å². The molecule has 0 atom stereocenters. The third-order valence-electron chi connectivity index (χ3n) is 4.39. The summed E-state index contributed by atoms with van der Waals surface area (Å²) in [6.07, 6.45) is 5.95. The van der Waals surface area contributed by atoms with Gasteiger partial charge in [0.15, 0.2) is 5.58 Å². The maximum Gasteiger partial charge on any atom is 0.300 e. The molecule has 0 radical (unpaired) electrons. The first-order chi connectivity index (χ1) is 9.83. The summed E-state index contributed by atoms with van der Waals surface area (Å²) in [5.41, 5.74) is 2.39. The number of nitrogens with zero attached hydrogens (tertiary/aromatic N) is 4. The number of piperidine rings is 1. The molecule has 3 saturated heterocycles. The standard InChI is InChI=1S/C15H18N4O/c1-2-11-9-13-14(16-10-11)17-15(20-13)19-8-7-18-5-3-12(19)4-6-18/h2,9-10,12H,1,3-8H2. The van der Waals surface area contributed by atoms with Gasteiger partial charge in [-0.1, -0.05) is 12.7 Å². The second-order valence-corrected chi connectivity index (χ2v) is 5.56. The lowest BCUT2D eigenvalue weighted by molar-refractivity contribution is 0.249. The number of pyridine rings is 1. The van der Waals surface area contributed by atoms with Crippen molar-refractivity contribution in [3.63, 3.8) is 0 Å². The molecule has 0 aromatic carbocycles. The van der Waals surface area contributed by atoms with E-state index in [1.165, 1.54) is 25.9 Å². The average Bonchev–Trinajstić information content (AvgIpc) is 2.67. The summed E-state index contributed by atoms with van der Waals surface area (Å²) in [7, 11) is 0. The number of fused-ring (bicyclic) bond motifs is 5. The van der Waals surface area contributed by atoms with Crippen molar-refractivity contribution in [1.29, 1.82) is 0 Å². The predicted octanol–water partition coefficient (Wildman–Crippen LogP) is 2.15. The van der Waals surface area contributed by atoms with Crippen LogP contribution in [-0.2, 0) is 0 Å². The zero-order valence-electron chi connectivity index (χ0n) is 11.5. The molecule has 104 valence electrons. The quantitative estimate of drug-likeness (QED) is 0.836. The van der Waals surface area contributed by atoms with Crippen LogP contribution >= 0.6 is 0 Å². The number of oxazole rings is 1. The molecular weight excluding hydrogens is 252 g/mol. The largest absolute Gasteiger partial charge is 0.422 e. The van der Waals surface area contributed by atoms with E-state index in [-0.39, 0.29) is 0 Å². The second kappa shape index (κ2) is 4.59. The SMILES string of the molecule is C=Cc1cnc2nc(N3CCN4CCC3CC4)oc2c1. The lowest BCUT2D eigenvalue weighted by Crippen LogP contribution is -2.38. The molecule has 5 rings (SSSR count). The van der Waals surface area contributed by atoms with Crippen LogP contribution in [0.3, 0.4) is 0 Å². The van der Waals surface area contributed by atoms with Gasteiger partial charge in [-0.25, -0.2) is 4.98 Å². The van der Waals surface area contributed by atoms with Gasteiger partial charge in [-0.05, 0) is 24.5 Å². The van der Waals surface area contributed by atoms with E-state index in [4.69, 9.17) is 4.42 Å². The molecule has 3 aliphatic rings. The van der Waals surface area contributed by atoms with Crippen molar-refractivity contribution in [3.8, 4) is 0 Å². The topological polar surface area (TPSA) is 45.4 Å². The van der Waals surface area contributed by atoms with Gasteiger partial charge in [-0.2, -0.15) is 4.98 Å². The number of aromatic nitrogens is 2. The zero-order chi connectivity index (χ0) is 13.5. The van der Waals surface area contributed by atoms with E-state index < -0.39 is 0 Å². The molecule has 0 saturated carbocycles. The maximum absolute atomic E-state index is 5.94. The monoisotopic (exact) mass is 270 g/mol. The summed E-state index contributed by atoms with van der Waals surface area (Å²) in [5, 5.41) is 0. The first-order valence-corrected chi connectivity index (χ1v) is 7.21. The Balaban J connectivity index is 1.72. The maximum atomic E-state index is 5.94. The summed E-state index contributed by atoms with van der Waals surface area (Å²) < 4.78 is 5.94. The van der Waals surface area contributed by atoms with Crippen LogP contribution in [0.2, 0.25) is 0 Å². The molecule has 20 heavy (non-hydrogen) atoms. The van der Waals surface area contributed by atoms with Crippen LogP contribution < -0.4 is 4.90 Å². The van der Waals surface area contributed by atoms with Gasteiger partial charge in [0.1, 0.15) is 0 Å². The molecule has 0 spiro atoms. The first kappa shape index (κ1) is 11.9. The molecule has 2 aromatic heterocycles. The lowest BCUT2D eigenvalue weighted by Gasteiger charge is -2.30. The Morgan fingerprint density at radius 1 is 1.25 bits per heavy atom. The Bertz CT molecular complexity index is 642. The molecule has 0 N–H and O–H groups in total. The van der Waals surface area contributed by atoms with Crippen molar-refractivity contribution in [2.75, 3.05) is 31.1 Å². The van der Waals surface area contributed by atoms with Crippen LogP contribution in [-0.4, -0.2) is 47.1 Å². The minimum Gasteiger partial charge on any atom is -0.422 e. The molecule has 0 unspecified atom stereocenters. The van der Waals surface area contributed by atoms with Crippen LogP contribution in [0.1, 0.15) is 18.4 Å². The normalized spacial score (nSPS) is 25.9. The Hall–Kier alpha value is -1.88. The third kappa shape index (κ3) is 1.89.